The average Bonchev–Trinajstić information content (AvgIpc) is 2.84. The molecule has 0 saturated heterocycles. The van der Waals surface area contributed by atoms with Crippen molar-refractivity contribution in [1.29, 1.82) is 0 Å². The van der Waals surface area contributed by atoms with Gasteiger partial charge in [0.25, 0.3) is 5.91 Å². The van der Waals surface area contributed by atoms with Crippen LogP contribution in [0.15, 0.2) is 34.5 Å². The van der Waals surface area contributed by atoms with E-state index in [1.165, 1.54) is 17.3 Å². The third-order valence-electron chi connectivity index (χ3n) is 3.61. The Labute approximate surface area is 135 Å². The van der Waals surface area contributed by atoms with Crippen LogP contribution in [0.1, 0.15) is 30.9 Å². The second-order valence-electron chi connectivity index (χ2n) is 5.41. The van der Waals surface area contributed by atoms with Crippen LogP contribution in [0, 0.1) is 13.8 Å². The zero-order valence-electron chi connectivity index (χ0n) is 13.3. The van der Waals surface area contributed by atoms with Crippen LogP contribution in [0.25, 0.3) is 0 Å². The highest BCUT2D eigenvalue weighted by Crippen LogP contribution is 2.29. The van der Waals surface area contributed by atoms with Crippen molar-refractivity contribution in [3.63, 3.8) is 0 Å². The molecule has 1 amide bonds. The molecule has 4 nitrogen and oxygen atoms in total. The number of hydrogen-bond donors (Lipinski definition) is 2. The fourth-order valence-electron chi connectivity index (χ4n) is 2.10. The van der Waals surface area contributed by atoms with Crippen molar-refractivity contribution in [2.45, 2.75) is 33.6 Å². The molecule has 1 aliphatic rings. The van der Waals surface area contributed by atoms with E-state index < -0.39 is 0 Å². The Hall–Kier alpha value is -1.75. The Morgan fingerprint density at radius 2 is 2.14 bits per heavy atom. The molecule has 0 aliphatic carbocycles. The fraction of sp³-hybridized carbons (Fsp3) is 0.412. The molecule has 118 valence electrons. The number of rotatable bonds is 5. The Kier molecular flexibility index (Phi) is 5.66. The molecule has 1 aliphatic heterocycles. The lowest BCUT2D eigenvalue weighted by Crippen LogP contribution is -2.28. The summed E-state index contributed by atoms with van der Waals surface area (Å²) < 4.78 is 0. The van der Waals surface area contributed by atoms with E-state index in [0.717, 1.165) is 24.1 Å². The van der Waals surface area contributed by atoms with Gasteiger partial charge in [0.1, 0.15) is 16.4 Å². The molecule has 0 fully saturated rings. The molecule has 1 heterocycles. The maximum Gasteiger partial charge on any atom is 0.257 e. The van der Waals surface area contributed by atoms with Gasteiger partial charge in [-0.1, -0.05) is 31.2 Å². The molecule has 1 aromatic rings. The zero-order chi connectivity index (χ0) is 16.1. The SMILES string of the molecule is CCCCNC(=O)C1=C(O)CSC1=Nc1ccc(C)c(C)c1. The summed E-state index contributed by atoms with van der Waals surface area (Å²) >= 11 is 1.40. The molecule has 1 aromatic carbocycles. The molecule has 2 rings (SSSR count). The molecule has 0 unspecified atom stereocenters. The van der Waals surface area contributed by atoms with Crippen LogP contribution in [0.2, 0.25) is 0 Å². The molecule has 0 radical (unpaired) electrons. The number of thioether (sulfide) groups is 1. The Balaban J connectivity index is 2.21. The molecule has 0 aromatic heterocycles. The largest absolute Gasteiger partial charge is 0.510 e. The van der Waals surface area contributed by atoms with Gasteiger partial charge >= 0.3 is 0 Å². The lowest BCUT2D eigenvalue weighted by Gasteiger charge is -2.07. The lowest BCUT2D eigenvalue weighted by molar-refractivity contribution is -0.117. The van der Waals surface area contributed by atoms with Crippen molar-refractivity contribution in [3.8, 4) is 0 Å². The highest BCUT2D eigenvalue weighted by atomic mass is 32.2. The number of amides is 1. The van der Waals surface area contributed by atoms with E-state index in [4.69, 9.17) is 0 Å². The minimum atomic E-state index is -0.237. The summed E-state index contributed by atoms with van der Waals surface area (Å²) in [5.41, 5.74) is 3.49. The average molecular weight is 318 g/mol. The summed E-state index contributed by atoms with van der Waals surface area (Å²) in [7, 11) is 0. The number of carbonyl (C=O) groups is 1. The number of aliphatic hydroxyl groups excluding tert-OH is 1. The van der Waals surface area contributed by atoms with E-state index in [9.17, 15) is 9.90 Å². The molecule has 2 N–H and O–H groups in total. The number of aliphatic hydroxyl groups is 1. The van der Waals surface area contributed by atoms with Gasteiger partial charge < -0.3 is 10.4 Å². The van der Waals surface area contributed by atoms with Gasteiger partial charge in [0, 0.05) is 6.54 Å². The van der Waals surface area contributed by atoms with Crippen molar-refractivity contribution in [1.82, 2.24) is 5.32 Å². The highest BCUT2D eigenvalue weighted by Gasteiger charge is 2.27. The van der Waals surface area contributed by atoms with Crippen LogP contribution in [0.3, 0.4) is 0 Å². The minimum absolute atomic E-state index is 0.113. The van der Waals surface area contributed by atoms with E-state index in [1.807, 2.05) is 25.1 Å². The van der Waals surface area contributed by atoms with Crippen LogP contribution >= 0.6 is 11.8 Å². The lowest BCUT2D eigenvalue weighted by atomic mass is 10.1. The molecule has 0 saturated carbocycles. The quantitative estimate of drug-likeness (QED) is 0.812. The van der Waals surface area contributed by atoms with Crippen molar-refractivity contribution in [2.24, 2.45) is 4.99 Å². The monoisotopic (exact) mass is 318 g/mol. The van der Waals surface area contributed by atoms with Crippen LogP contribution in [0.5, 0.6) is 0 Å². The van der Waals surface area contributed by atoms with Gasteiger partial charge in [-0.25, -0.2) is 4.99 Å². The fourth-order valence-corrected chi connectivity index (χ4v) is 3.04. The van der Waals surface area contributed by atoms with Gasteiger partial charge in [0.2, 0.25) is 0 Å². The standard InChI is InChI=1S/C17H22N2O2S/c1-4-5-8-18-16(21)15-14(20)10-22-17(15)19-13-7-6-11(2)12(3)9-13/h6-7,9,20H,4-5,8,10H2,1-3H3,(H,18,21). The first-order valence-electron chi connectivity index (χ1n) is 7.52. The number of aliphatic imine (C=N–C) groups is 1. The number of unbranched alkanes of at least 4 members (excludes halogenated alkanes) is 1. The third kappa shape index (κ3) is 3.91. The Morgan fingerprint density at radius 3 is 2.82 bits per heavy atom. The van der Waals surface area contributed by atoms with Gasteiger partial charge in [-0.2, -0.15) is 0 Å². The summed E-state index contributed by atoms with van der Waals surface area (Å²) in [6, 6.07) is 5.93. The second-order valence-corrected chi connectivity index (χ2v) is 6.37. The summed E-state index contributed by atoms with van der Waals surface area (Å²) in [4.78, 5) is 16.8. The van der Waals surface area contributed by atoms with Crippen molar-refractivity contribution >= 4 is 28.4 Å². The van der Waals surface area contributed by atoms with Gasteiger partial charge in [0.15, 0.2) is 0 Å². The van der Waals surface area contributed by atoms with E-state index in [1.54, 1.807) is 0 Å². The predicted molar refractivity (Wildman–Crippen MR) is 93.0 cm³/mol. The number of carbonyl (C=O) groups excluding carboxylic acids is 1. The molecule has 0 bridgehead atoms. The van der Waals surface area contributed by atoms with Gasteiger partial charge in [0.05, 0.1) is 11.4 Å². The molecular formula is C17H22N2O2S. The molecule has 22 heavy (non-hydrogen) atoms. The first-order valence-corrected chi connectivity index (χ1v) is 8.51. The third-order valence-corrected chi connectivity index (χ3v) is 4.60. The smallest absolute Gasteiger partial charge is 0.257 e. The predicted octanol–water partition coefficient (Wildman–Crippen LogP) is 3.81. The van der Waals surface area contributed by atoms with Gasteiger partial charge in [-0.15, -0.1) is 0 Å². The summed E-state index contributed by atoms with van der Waals surface area (Å²) in [5.74, 6) is 0.278. The Morgan fingerprint density at radius 1 is 1.36 bits per heavy atom. The van der Waals surface area contributed by atoms with E-state index in [2.05, 4.69) is 24.2 Å². The van der Waals surface area contributed by atoms with E-state index in [-0.39, 0.29) is 11.7 Å². The Bertz CT molecular complexity index is 636. The van der Waals surface area contributed by atoms with Crippen LogP contribution in [0.4, 0.5) is 5.69 Å². The van der Waals surface area contributed by atoms with Crippen LogP contribution in [-0.2, 0) is 4.79 Å². The van der Waals surface area contributed by atoms with Crippen molar-refractivity contribution in [2.75, 3.05) is 12.3 Å². The number of benzene rings is 1. The van der Waals surface area contributed by atoms with E-state index in [0.29, 0.717) is 22.9 Å². The maximum atomic E-state index is 12.2. The number of hydrogen-bond acceptors (Lipinski definition) is 4. The summed E-state index contributed by atoms with van der Waals surface area (Å²) in [6.45, 7) is 6.77. The summed E-state index contributed by atoms with van der Waals surface area (Å²) in [5, 5.41) is 13.4. The first-order chi connectivity index (χ1) is 10.5. The van der Waals surface area contributed by atoms with Crippen molar-refractivity contribution < 1.29 is 9.90 Å². The minimum Gasteiger partial charge on any atom is -0.510 e. The number of aryl methyl sites for hydroxylation is 2. The zero-order valence-corrected chi connectivity index (χ0v) is 14.1. The van der Waals surface area contributed by atoms with E-state index >= 15 is 0 Å². The number of nitrogens with one attached hydrogen (secondary N) is 1. The summed E-state index contributed by atoms with van der Waals surface area (Å²) in [6.07, 6.45) is 1.94. The second kappa shape index (κ2) is 7.49. The molecule has 0 spiro atoms. The van der Waals surface area contributed by atoms with Crippen molar-refractivity contribution in [3.05, 3.63) is 40.7 Å². The maximum absolute atomic E-state index is 12.2. The normalized spacial score (nSPS) is 16.4. The molecule has 5 heteroatoms. The van der Waals surface area contributed by atoms with Gasteiger partial charge in [-0.05, 0) is 43.5 Å². The van der Waals surface area contributed by atoms with Crippen LogP contribution in [-0.4, -0.2) is 28.4 Å². The van der Waals surface area contributed by atoms with Gasteiger partial charge in [-0.3, -0.25) is 4.79 Å². The van der Waals surface area contributed by atoms with Crippen LogP contribution < -0.4 is 5.32 Å². The molecule has 0 atom stereocenters. The number of nitrogens with zero attached hydrogens (tertiary/aromatic N) is 1. The molecular weight excluding hydrogens is 296 g/mol. The highest BCUT2D eigenvalue weighted by molar-refractivity contribution is 8.15. The topological polar surface area (TPSA) is 61.7 Å². The first kappa shape index (κ1) is 16.6.